The standard InChI is InChI=1S/C13H7FN4O/c14-9-3-1-4-10(7-9)18-13(11(8-15)16-17-18)12-5-2-6-19-12/h1-7H. The molecule has 0 N–H and O–H groups in total. The number of halogens is 1. The van der Waals surface area contributed by atoms with Crippen LogP contribution in [0.3, 0.4) is 0 Å². The number of nitrogens with zero attached hydrogens (tertiary/aromatic N) is 4. The number of rotatable bonds is 2. The van der Waals surface area contributed by atoms with Gasteiger partial charge in [-0.05, 0) is 30.3 Å². The minimum Gasteiger partial charge on any atom is -0.463 e. The quantitative estimate of drug-likeness (QED) is 0.704. The molecule has 0 radical (unpaired) electrons. The van der Waals surface area contributed by atoms with Gasteiger partial charge < -0.3 is 4.42 Å². The second-order valence-electron chi connectivity index (χ2n) is 3.77. The number of hydrogen-bond acceptors (Lipinski definition) is 4. The maximum Gasteiger partial charge on any atom is 0.194 e. The van der Waals surface area contributed by atoms with E-state index in [2.05, 4.69) is 10.3 Å². The van der Waals surface area contributed by atoms with Crippen LogP contribution in [0.5, 0.6) is 0 Å². The fraction of sp³-hybridized carbons (Fsp3) is 0. The van der Waals surface area contributed by atoms with Gasteiger partial charge in [-0.2, -0.15) is 5.26 Å². The van der Waals surface area contributed by atoms with Crippen LogP contribution in [-0.4, -0.2) is 15.0 Å². The minimum absolute atomic E-state index is 0.124. The van der Waals surface area contributed by atoms with Gasteiger partial charge >= 0.3 is 0 Å². The summed E-state index contributed by atoms with van der Waals surface area (Å²) in [5, 5.41) is 16.7. The molecular formula is C13H7FN4O. The third-order valence-electron chi connectivity index (χ3n) is 2.58. The predicted octanol–water partition coefficient (Wildman–Crippen LogP) is 2.54. The molecule has 0 aliphatic rings. The first-order chi connectivity index (χ1) is 9.29. The summed E-state index contributed by atoms with van der Waals surface area (Å²) in [6, 6.07) is 11.2. The molecule has 0 amide bonds. The Morgan fingerprint density at radius 2 is 2.16 bits per heavy atom. The molecule has 1 aromatic carbocycles. The van der Waals surface area contributed by atoms with Crippen molar-refractivity contribution in [2.75, 3.05) is 0 Å². The van der Waals surface area contributed by atoms with E-state index in [1.54, 1.807) is 24.3 Å². The molecule has 19 heavy (non-hydrogen) atoms. The van der Waals surface area contributed by atoms with Crippen LogP contribution >= 0.6 is 0 Å². The number of aromatic nitrogens is 3. The average Bonchev–Trinajstić information content (AvgIpc) is 3.07. The molecule has 3 rings (SSSR count). The lowest BCUT2D eigenvalue weighted by Gasteiger charge is -2.04. The van der Waals surface area contributed by atoms with Crippen LogP contribution in [-0.2, 0) is 0 Å². The number of furan rings is 1. The van der Waals surface area contributed by atoms with Gasteiger partial charge in [-0.3, -0.25) is 0 Å². The first-order valence-corrected chi connectivity index (χ1v) is 5.45. The monoisotopic (exact) mass is 254 g/mol. The van der Waals surface area contributed by atoms with Gasteiger partial charge in [-0.1, -0.05) is 11.3 Å². The molecule has 2 heterocycles. The van der Waals surface area contributed by atoms with Gasteiger partial charge in [0, 0.05) is 0 Å². The molecule has 0 unspecified atom stereocenters. The highest BCUT2D eigenvalue weighted by Crippen LogP contribution is 2.25. The summed E-state index contributed by atoms with van der Waals surface area (Å²) < 4.78 is 19.9. The SMILES string of the molecule is N#Cc1nnn(-c2cccc(F)c2)c1-c1ccco1. The molecule has 92 valence electrons. The van der Waals surface area contributed by atoms with Crippen LogP contribution in [0.15, 0.2) is 47.1 Å². The highest BCUT2D eigenvalue weighted by Gasteiger charge is 2.18. The third-order valence-corrected chi connectivity index (χ3v) is 2.58. The van der Waals surface area contributed by atoms with E-state index >= 15 is 0 Å². The Labute approximate surface area is 107 Å². The number of benzene rings is 1. The number of nitriles is 1. The highest BCUT2D eigenvalue weighted by atomic mass is 19.1. The van der Waals surface area contributed by atoms with Crippen molar-refractivity contribution < 1.29 is 8.81 Å². The Hall–Kier alpha value is -2.94. The van der Waals surface area contributed by atoms with Crippen molar-refractivity contribution in [1.29, 1.82) is 5.26 Å². The molecule has 0 spiro atoms. The van der Waals surface area contributed by atoms with Crippen molar-refractivity contribution in [3.63, 3.8) is 0 Å². The topological polar surface area (TPSA) is 67.6 Å². The van der Waals surface area contributed by atoms with Crippen LogP contribution < -0.4 is 0 Å². The lowest BCUT2D eigenvalue weighted by atomic mass is 10.2. The van der Waals surface area contributed by atoms with Gasteiger partial charge in [-0.15, -0.1) is 5.10 Å². The van der Waals surface area contributed by atoms with E-state index in [0.717, 1.165) is 0 Å². The maximum atomic E-state index is 13.3. The number of hydrogen-bond donors (Lipinski definition) is 0. The lowest BCUT2D eigenvalue weighted by Crippen LogP contribution is -1.99. The molecule has 0 aliphatic carbocycles. The van der Waals surface area contributed by atoms with E-state index in [1.807, 2.05) is 6.07 Å². The van der Waals surface area contributed by atoms with Gasteiger partial charge in [0.1, 0.15) is 17.6 Å². The molecule has 0 saturated heterocycles. The Bertz CT molecular complexity index is 755. The fourth-order valence-electron chi connectivity index (χ4n) is 1.78. The second-order valence-corrected chi connectivity index (χ2v) is 3.77. The van der Waals surface area contributed by atoms with Crippen molar-refractivity contribution >= 4 is 0 Å². The Morgan fingerprint density at radius 1 is 1.26 bits per heavy atom. The maximum absolute atomic E-state index is 13.3. The van der Waals surface area contributed by atoms with E-state index in [4.69, 9.17) is 9.68 Å². The zero-order valence-electron chi connectivity index (χ0n) is 9.62. The van der Waals surface area contributed by atoms with Crippen LogP contribution in [0.25, 0.3) is 17.1 Å². The highest BCUT2D eigenvalue weighted by molar-refractivity contribution is 5.61. The molecule has 0 aliphatic heterocycles. The molecular weight excluding hydrogens is 247 g/mol. The van der Waals surface area contributed by atoms with Gasteiger partial charge in [0.05, 0.1) is 12.0 Å². The molecule has 0 bridgehead atoms. The van der Waals surface area contributed by atoms with E-state index < -0.39 is 5.82 Å². The smallest absolute Gasteiger partial charge is 0.194 e. The van der Waals surface area contributed by atoms with Gasteiger partial charge in [0.15, 0.2) is 11.5 Å². The first-order valence-electron chi connectivity index (χ1n) is 5.45. The zero-order chi connectivity index (χ0) is 13.2. The largest absolute Gasteiger partial charge is 0.463 e. The Balaban J connectivity index is 2.24. The van der Waals surface area contributed by atoms with E-state index in [9.17, 15) is 4.39 Å². The van der Waals surface area contributed by atoms with Crippen LogP contribution in [0, 0.1) is 17.1 Å². The van der Waals surface area contributed by atoms with Crippen molar-refractivity contribution in [1.82, 2.24) is 15.0 Å². The molecule has 0 atom stereocenters. The molecule has 6 heteroatoms. The van der Waals surface area contributed by atoms with Crippen molar-refractivity contribution in [3.8, 4) is 23.2 Å². The lowest BCUT2D eigenvalue weighted by molar-refractivity contribution is 0.576. The van der Waals surface area contributed by atoms with E-state index in [1.165, 1.54) is 23.1 Å². The Kier molecular flexibility index (Phi) is 2.58. The van der Waals surface area contributed by atoms with Crippen LogP contribution in [0.4, 0.5) is 4.39 Å². The predicted molar refractivity (Wildman–Crippen MR) is 63.7 cm³/mol. The summed E-state index contributed by atoms with van der Waals surface area (Å²) in [5.41, 5.74) is 0.998. The van der Waals surface area contributed by atoms with Crippen molar-refractivity contribution in [3.05, 3.63) is 54.2 Å². The van der Waals surface area contributed by atoms with Crippen LogP contribution in [0.2, 0.25) is 0 Å². The molecule has 0 saturated carbocycles. The average molecular weight is 254 g/mol. The van der Waals surface area contributed by atoms with Gasteiger partial charge in [0.2, 0.25) is 0 Å². The van der Waals surface area contributed by atoms with E-state index in [-0.39, 0.29) is 5.69 Å². The molecule has 3 aromatic rings. The van der Waals surface area contributed by atoms with Crippen molar-refractivity contribution in [2.24, 2.45) is 0 Å². The minimum atomic E-state index is -0.392. The molecule has 0 fully saturated rings. The van der Waals surface area contributed by atoms with Gasteiger partial charge in [-0.25, -0.2) is 9.07 Å². The zero-order valence-corrected chi connectivity index (χ0v) is 9.62. The summed E-state index contributed by atoms with van der Waals surface area (Å²) >= 11 is 0. The summed E-state index contributed by atoms with van der Waals surface area (Å²) in [5.74, 6) is 0.0581. The summed E-state index contributed by atoms with van der Waals surface area (Å²) in [6.07, 6.45) is 1.49. The summed E-state index contributed by atoms with van der Waals surface area (Å²) in [6.45, 7) is 0. The fourth-order valence-corrected chi connectivity index (χ4v) is 1.78. The van der Waals surface area contributed by atoms with Crippen molar-refractivity contribution in [2.45, 2.75) is 0 Å². The second kappa shape index (κ2) is 4.38. The normalized spacial score (nSPS) is 10.3. The first kappa shape index (κ1) is 11.2. The van der Waals surface area contributed by atoms with Crippen LogP contribution in [0.1, 0.15) is 5.69 Å². The molecule has 2 aromatic heterocycles. The van der Waals surface area contributed by atoms with E-state index in [0.29, 0.717) is 17.1 Å². The Morgan fingerprint density at radius 3 is 2.84 bits per heavy atom. The molecule has 5 nitrogen and oxygen atoms in total. The third kappa shape index (κ3) is 1.87. The van der Waals surface area contributed by atoms with Gasteiger partial charge in [0.25, 0.3) is 0 Å². The summed E-state index contributed by atoms with van der Waals surface area (Å²) in [7, 11) is 0. The summed E-state index contributed by atoms with van der Waals surface area (Å²) in [4.78, 5) is 0.